The molecule has 1 saturated carbocycles. The molecule has 2 rings (SSSR count). The van der Waals surface area contributed by atoms with Crippen LogP contribution in [0.25, 0.3) is 0 Å². The summed E-state index contributed by atoms with van der Waals surface area (Å²) in [5.41, 5.74) is 0. The molecule has 0 aromatic rings. The molecular formula is C13H20F3NO2. The van der Waals surface area contributed by atoms with Crippen LogP contribution in [0, 0.1) is 11.8 Å². The van der Waals surface area contributed by atoms with E-state index >= 15 is 0 Å². The molecule has 0 aromatic carbocycles. The van der Waals surface area contributed by atoms with E-state index in [0.717, 1.165) is 19.4 Å². The van der Waals surface area contributed by atoms with Crippen LogP contribution in [0.3, 0.4) is 0 Å². The van der Waals surface area contributed by atoms with Gasteiger partial charge < -0.3 is 5.11 Å². The lowest BCUT2D eigenvalue weighted by Gasteiger charge is -2.41. The van der Waals surface area contributed by atoms with Crippen LogP contribution >= 0.6 is 0 Å². The highest BCUT2D eigenvalue weighted by Crippen LogP contribution is 2.39. The zero-order chi connectivity index (χ0) is 14.0. The summed E-state index contributed by atoms with van der Waals surface area (Å²) in [7, 11) is 0. The summed E-state index contributed by atoms with van der Waals surface area (Å²) in [5.74, 6) is -2.45. The Balaban J connectivity index is 1.95. The first-order valence-electron chi connectivity index (χ1n) is 6.91. The van der Waals surface area contributed by atoms with Gasteiger partial charge in [0.25, 0.3) is 0 Å². The first-order chi connectivity index (χ1) is 8.88. The molecule has 1 N–H and O–H groups in total. The van der Waals surface area contributed by atoms with Crippen molar-refractivity contribution in [2.24, 2.45) is 11.8 Å². The predicted molar refractivity (Wildman–Crippen MR) is 63.7 cm³/mol. The fourth-order valence-corrected chi connectivity index (χ4v) is 3.33. The van der Waals surface area contributed by atoms with Crippen molar-refractivity contribution >= 4 is 5.97 Å². The van der Waals surface area contributed by atoms with Crippen LogP contribution in [0.2, 0.25) is 0 Å². The first-order valence-corrected chi connectivity index (χ1v) is 6.91. The van der Waals surface area contributed by atoms with Crippen molar-refractivity contribution in [1.29, 1.82) is 0 Å². The highest BCUT2D eigenvalue weighted by Gasteiger charge is 2.43. The fraction of sp³-hybridized carbons (Fsp3) is 0.923. The van der Waals surface area contributed by atoms with E-state index in [2.05, 4.69) is 0 Å². The summed E-state index contributed by atoms with van der Waals surface area (Å²) in [6, 6.07) is -0.0949. The van der Waals surface area contributed by atoms with Gasteiger partial charge in [0.15, 0.2) is 0 Å². The summed E-state index contributed by atoms with van der Waals surface area (Å²) in [6.45, 7) is 1.14. The summed E-state index contributed by atoms with van der Waals surface area (Å²) >= 11 is 0. The van der Waals surface area contributed by atoms with Gasteiger partial charge in [-0.25, -0.2) is 0 Å². The zero-order valence-electron chi connectivity index (χ0n) is 10.8. The van der Waals surface area contributed by atoms with Crippen LogP contribution in [0.15, 0.2) is 0 Å². The Morgan fingerprint density at radius 2 is 1.89 bits per heavy atom. The van der Waals surface area contributed by atoms with Gasteiger partial charge in [-0.2, -0.15) is 13.2 Å². The third-order valence-corrected chi connectivity index (χ3v) is 4.43. The summed E-state index contributed by atoms with van der Waals surface area (Å²) in [5, 5.41) is 9.03. The van der Waals surface area contributed by atoms with E-state index in [-0.39, 0.29) is 18.9 Å². The average Bonchev–Trinajstić information content (AvgIpc) is 2.38. The minimum absolute atomic E-state index is 0.0949. The van der Waals surface area contributed by atoms with Crippen LogP contribution in [0.1, 0.15) is 38.5 Å². The van der Waals surface area contributed by atoms with E-state index in [4.69, 9.17) is 5.11 Å². The molecule has 0 amide bonds. The number of piperidine rings is 1. The molecule has 3 unspecified atom stereocenters. The Hall–Kier alpha value is -0.780. The Kier molecular flexibility index (Phi) is 4.38. The number of hydrogen-bond acceptors (Lipinski definition) is 2. The summed E-state index contributed by atoms with van der Waals surface area (Å²) < 4.78 is 38.3. The number of alkyl halides is 3. The largest absolute Gasteiger partial charge is 0.481 e. The number of carboxylic acid groups (broad SMARTS) is 1. The van der Waals surface area contributed by atoms with Crippen LogP contribution in [-0.2, 0) is 4.79 Å². The summed E-state index contributed by atoms with van der Waals surface area (Å²) in [6.07, 6.45) is -1.000. The van der Waals surface area contributed by atoms with Crippen LogP contribution in [-0.4, -0.2) is 41.3 Å². The number of rotatable bonds is 2. The highest BCUT2D eigenvalue weighted by atomic mass is 19.4. The smallest absolute Gasteiger partial charge is 0.391 e. The molecule has 6 heteroatoms. The first kappa shape index (κ1) is 14.6. The molecule has 1 heterocycles. The number of likely N-dealkylation sites (tertiary alicyclic amines) is 1. The Morgan fingerprint density at radius 1 is 1.16 bits per heavy atom. The maximum atomic E-state index is 12.8. The third kappa shape index (κ3) is 3.61. The molecule has 3 nitrogen and oxygen atoms in total. The van der Waals surface area contributed by atoms with Gasteiger partial charge in [-0.1, -0.05) is 6.42 Å². The van der Waals surface area contributed by atoms with Crippen LogP contribution in [0.4, 0.5) is 13.2 Å². The number of nitrogens with zero attached hydrogens (tertiary/aromatic N) is 1. The van der Waals surface area contributed by atoms with Gasteiger partial charge in [-0.05, 0) is 38.6 Å². The highest BCUT2D eigenvalue weighted by molar-refractivity contribution is 5.70. The summed E-state index contributed by atoms with van der Waals surface area (Å²) in [4.78, 5) is 13.0. The average molecular weight is 279 g/mol. The molecule has 0 aromatic heterocycles. The second-order valence-corrected chi connectivity index (χ2v) is 5.73. The fourth-order valence-electron chi connectivity index (χ4n) is 3.33. The molecule has 0 spiro atoms. The molecule has 2 aliphatic rings. The Labute approximate surface area is 110 Å². The van der Waals surface area contributed by atoms with Gasteiger partial charge in [0.05, 0.1) is 11.8 Å². The second-order valence-electron chi connectivity index (χ2n) is 5.73. The minimum Gasteiger partial charge on any atom is -0.481 e. The van der Waals surface area contributed by atoms with Crippen molar-refractivity contribution in [1.82, 2.24) is 4.90 Å². The van der Waals surface area contributed by atoms with Crippen molar-refractivity contribution in [3.8, 4) is 0 Å². The quantitative estimate of drug-likeness (QED) is 0.845. The Morgan fingerprint density at radius 3 is 2.53 bits per heavy atom. The van der Waals surface area contributed by atoms with E-state index in [9.17, 15) is 18.0 Å². The number of carbonyl (C=O) groups is 1. The molecule has 1 aliphatic heterocycles. The SMILES string of the molecule is O=C(O)C1CCCN(C2CCCC(C(F)(F)F)C2)C1. The minimum atomic E-state index is -4.11. The lowest BCUT2D eigenvalue weighted by atomic mass is 9.83. The van der Waals surface area contributed by atoms with E-state index < -0.39 is 24.0 Å². The lowest BCUT2D eigenvalue weighted by Crippen LogP contribution is -2.47. The predicted octanol–water partition coefficient (Wildman–Crippen LogP) is 2.90. The molecule has 1 aliphatic carbocycles. The number of halogens is 3. The van der Waals surface area contributed by atoms with Gasteiger partial charge in [0.1, 0.15) is 0 Å². The molecule has 1 saturated heterocycles. The van der Waals surface area contributed by atoms with Gasteiger partial charge in [0.2, 0.25) is 0 Å². The monoisotopic (exact) mass is 279 g/mol. The van der Waals surface area contributed by atoms with Crippen LogP contribution in [0.5, 0.6) is 0 Å². The normalized spacial score (nSPS) is 34.2. The lowest BCUT2D eigenvalue weighted by molar-refractivity contribution is -0.187. The standard InChI is InChI=1S/C13H20F3NO2/c14-13(15,16)10-4-1-5-11(7-10)17-6-2-3-9(8-17)12(18)19/h9-11H,1-8H2,(H,18,19). The van der Waals surface area contributed by atoms with Gasteiger partial charge in [-0.3, -0.25) is 9.69 Å². The molecule has 0 bridgehead atoms. The maximum Gasteiger partial charge on any atom is 0.391 e. The van der Waals surface area contributed by atoms with E-state index in [1.54, 1.807) is 0 Å². The van der Waals surface area contributed by atoms with Gasteiger partial charge >= 0.3 is 12.1 Å². The van der Waals surface area contributed by atoms with Crippen molar-refractivity contribution in [3.63, 3.8) is 0 Å². The molecule has 19 heavy (non-hydrogen) atoms. The number of hydrogen-bond donors (Lipinski definition) is 1. The zero-order valence-corrected chi connectivity index (χ0v) is 10.8. The number of carboxylic acids is 1. The topological polar surface area (TPSA) is 40.5 Å². The Bertz CT molecular complexity index is 332. The number of aliphatic carboxylic acids is 1. The maximum absolute atomic E-state index is 12.8. The van der Waals surface area contributed by atoms with Crippen molar-refractivity contribution < 1.29 is 23.1 Å². The van der Waals surface area contributed by atoms with Gasteiger partial charge in [-0.15, -0.1) is 0 Å². The molecule has 2 fully saturated rings. The second kappa shape index (κ2) is 5.69. The van der Waals surface area contributed by atoms with E-state index in [0.29, 0.717) is 19.4 Å². The molecular weight excluding hydrogens is 259 g/mol. The molecule has 3 atom stereocenters. The molecule has 110 valence electrons. The van der Waals surface area contributed by atoms with Crippen LogP contribution < -0.4 is 0 Å². The van der Waals surface area contributed by atoms with E-state index in [1.807, 2.05) is 4.90 Å². The molecule has 0 radical (unpaired) electrons. The van der Waals surface area contributed by atoms with Gasteiger partial charge in [0, 0.05) is 12.6 Å². The van der Waals surface area contributed by atoms with Crippen molar-refractivity contribution in [2.45, 2.75) is 50.7 Å². The van der Waals surface area contributed by atoms with Crippen molar-refractivity contribution in [2.75, 3.05) is 13.1 Å². The van der Waals surface area contributed by atoms with E-state index in [1.165, 1.54) is 0 Å². The van der Waals surface area contributed by atoms with Crippen molar-refractivity contribution in [3.05, 3.63) is 0 Å². The third-order valence-electron chi connectivity index (χ3n) is 4.43.